The highest BCUT2D eigenvalue weighted by Crippen LogP contribution is 2.45. The van der Waals surface area contributed by atoms with Crippen LogP contribution in [0.2, 0.25) is 0 Å². The van der Waals surface area contributed by atoms with Crippen LogP contribution in [0.15, 0.2) is 219 Å². The van der Waals surface area contributed by atoms with E-state index in [1.54, 1.807) is 0 Å². The minimum absolute atomic E-state index is 0.0227. The van der Waals surface area contributed by atoms with Crippen LogP contribution in [-0.4, -0.2) is 96.7 Å². The van der Waals surface area contributed by atoms with Crippen LogP contribution in [0.25, 0.3) is 0 Å². The molecule has 0 aliphatic heterocycles. The van der Waals surface area contributed by atoms with Crippen LogP contribution in [0.5, 0.6) is 0 Å². The Balaban J connectivity index is 5.54. The Labute approximate surface area is 677 Å². The minimum Gasteiger partial charge on any atom is -0.462 e. The number of carbonyl (C=O) groups is 4. The summed E-state index contributed by atoms with van der Waals surface area (Å²) in [6, 6.07) is 0. The summed E-state index contributed by atoms with van der Waals surface area (Å²) in [5.74, 6) is -2.37. The predicted octanol–water partition coefficient (Wildman–Crippen LogP) is 25.2. The van der Waals surface area contributed by atoms with Crippen LogP contribution in [0.1, 0.15) is 285 Å². The van der Waals surface area contributed by atoms with Crippen LogP contribution in [0.3, 0.4) is 0 Å². The Bertz CT molecular complexity index is 2990. The first-order valence-electron chi connectivity index (χ1n) is 42.0. The molecule has 0 spiro atoms. The van der Waals surface area contributed by atoms with Gasteiger partial charge in [0.15, 0.2) is 12.2 Å². The summed E-state index contributed by atoms with van der Waals surface area (Å²) in [6.07, 6.45) is 105. The summed E-state index contributed by atoms with van der Waals surface area (Å²) in [4.78, 5) is 73.2. The van der Waals surface area contributed by atoms with Gasteiger partial charge in [0.25, 0.3) is 0 Å². The third-order valence-electron chi connectivity index (χ3n) is 16.4. The number of phosphoric ester groups is 2. The molecule has 5 atom stereocenters. The van der Waals surface area contributed by atoms with E-state index < -0.39 is 97.5 Å². The first kappa shape index (κ1) is 105. The van der Waals surface area contributed by atoms with E-state index in [0.717, 1.165) is 199 Å². The lowest BCUT2D eigenvalue weighted by atomic mass is 10.1. The highest BCUT2D eigenvalue weighted by Gasteiger charge is 2.30. The normalized spacial score (nSPS) is 14.9. The molecule has 0 aromatic carbocycles. The Kier molecular flexibility index (Phi) is 77.5. The van der Waals surface area contributed by atoms with E-state index in [-0.39, 0.29) is 25.7 Å². The fraction of sp³-hybridized carbons (Fsp3) is 0.570. The number of ether oxygens (including phenoxy) is 4. The van der Waals surface area contributed by atoms with Gasteiger partial charge in [-0.15, -0.1) is 0 Å². The Morgan fingerprint density at radius 2 is 0.455 bits per heavy atom. The van der Waals surface area contributed by atoms with E-state index in [4.69, 9.17) is 37.0 Å². The fourth-order valence-electron chi connectivity index (χ4n) is 10.2. The molecule has 0 aromatic rings. The zero-order chi connectivity index (χ0) is 81.7. The SMILES string of the molecule is CC/C=C\C/C=C\C/C=C\C/C=C\C/C=C\C/C=C\CCC(=O)OCC(COP(=O)(O)OCC(O)COP(=O)(O)OCC(COC(=O)CCCCCC/C=C\C/C=C\C/C=C\C/C=C\CC)OC(=O)CCCCCC/C=C\C/C=C\C/C=C\C/C=C\CC)OC(=O)CCCCCCCC/C=C\C/C=C\C/C=C\C/C=C\CC. The van der Waals surface area contributed by atoms with Crippen molar-refractivity contribution in [3.05, 3.63) is 219 Å². The molecule has 630 valence electrons. The molecular weight excluding hydrogens is 1450 g/mol. The lowest BCUT2D eigenvalue weighted by Crippen LogP contribution is -2.30. The molecule has 0 aliphatic carbocycles. The van der Waals surface area contributed by atoms with Gasteiger partial charge in [0, 0.05) is 25.7 Å². The average molecular weight is 1600 g/mol. The maximum Gasteiger partial charge on any atom is 0.472 e. The van der Waals surface area contributed by atoms with E-state index in [1.807, 2.05) is 18.2 Å². The van der Waals surface area contributed by atoms with Crippen LogP contribution < -0.4 is 0 Å². The summed E-state index contributed by atoms with van der Waals surface area (Å²) in [6.45, 7) is 4.24. The molecule has 0 radical (unpaired) electrons. The molecule has 19 heteroatoms. The first-order valence-corrected chi connectivity index (χ1v) is 45.0. The van der Waals surface area contributed by atoms with Crippen LogP contribution in [0, 0.1) is 0 Å². The van der Waals surface area contributed by atoms with E-state index in [2.05, 4.69) is 228 Å². The minimum atomic E-state index is -5.02. The van der Waals surface area contributed by atoms with Gasteiger partial charge in [-0.05, 0) is 180 Å². The van der Waals surface area contributed by atoms with Crippen molar-refractivity contribution in [2.75, 3.05) is 39.6 Å². The van der Waals surface area contributed by atoms with E-state index in [9.17, 15) is 43.2 Å². The number of allylic oxidation sites excluding steroid dienone is 36. The highest BCUT2D eigenvalue weighted by atomic mass is 31.2. The van der Waals surface area contributed by atoms with E-state index in [0.29, 0.717) is 32.1 Å². The number of rotatable bonds is 76. The predicted molar refractivity (Wildman–Crippen MR) is 463 cm³/mol. The van der Waals surface area contributed by atoms with Gasteiger partial charge in [0.05, 0.1) is 26.4 Å². The topological polar surface area (TPSA) is 237 Å². The van der Waals surface area contributed by atoms with Gasteiger partial charge in [-0.3, -0.25) is 37.3 Å². The Morgan fingerprint density at radius 3 is 0.723 bits per heavy atom. The van der Waals surface area contributed by atoms with Crippen molar-refractivity contribution in [3.8, 4) is 0 Å². The van der Waals surface area contributed by atoms with Crippen molar-refractivity contribution in [3.63, 3.8) is 0 Å². The summed E-state index contributed by atoms with van der Waals surface area (Å²) in [5, 5.41) is 10.7. The Hall–Kier alpha value is -6.62. The van der Waals surface area contributed by atoms with E-state index >= 15 is 0 Å². The number of esters is 4. The van der Waals surface area contributed by atoms with Gasteiger partial charge in [-0.1, -0.05) is 298 Å². The molecule has 17 nitrogen and oxygen atoms in total. The summed E-state index contributed by atoms with van der Waals surface area (Å²) >= 11 is 0. The molecule has 0 heterocycles. The zero-order valence-corrected chi connectivity index (χ0v) is 70.8. The van der Waals surface area contributed by atoms with Gasteiger partial charge in [0.2, 0.25) is 0 Å². The van der Waals surface area contributed by atoms with Crippen LogP contribution >= 0.6 is 15.6 Å². The number of hydrogen-bond donors (Lipinski definition) is 3. The van der Waals surface area contributed by atoms with Crippen molar-refractivity contribution >= 4 is 39.5 Å². The zero-order valence-electron chi connectivity index (χ0n) is 69.0. The largest absolute Gasteiger partial charge is 0.472 e. The lowest BCUT2D eigenvalue weighted by molar-refractivity contribution is -0.161. The van der Waals surface area contributed by atoms with Gasteiger partial charge in [-0.2, -0.15) is 0 Å². The average Bonchev–Trinajstić information content (AvgIpc) is 0.898. The standard InChI is InChI=1S/C93H146O17P2/c1-5-9-13-17-21-25-29-33-37-41-43-47-50-54-58-62-66-70-74-78-91(96)104-84-89(110-93(98)80-76-72-68-64-60-56-52-48-44-42-38-34-30-26-22-18-14-10-6-2)86-108-112(101,102)106-82-87(94)81-105-111(99,100)107-85-88(109-92(97)79-75-71-67-63-59-55-51-46-40-36-32-28-24-20-16-12-8-4)83-103-90(95)77-73-69-65-61-57-53-49-45-39-35-31-27-23-19-15-11-7-3/h9-16,21-28,33-40,43-44,47-49,51,53-55,58,66,70,87-89,94H,5-8,17-20,29-32,41-42,45-46,50,52,56-57,59-65,67-69,71-86H2,1-4H3,(H,99,100)(H,101,102)/b13-9-,14-10-,15-11-,16-12-,25-21-,26-22-,27-23-,28-24-,37-33-,38-34-,39-35-,40-36-,47-43-,48-44-,53-49-,55-51-,58-54-,70-66-. The third-order valence-corrected chi connectivity index (χ3v) is 18.3. The van der Waals surface area contributed by atoms with Crippen LogP contribution in [0.4, 0.5) is 0 Å². The Morgan fingerprint density at radius 1 is 0.250 bits per heavy atom. The summed E-state index contributed by atoms with van der Waals surface area (Å²) in [5.41, 5.74) is 0. The number of phosphoric acid groups is 2. The quantitative estimate of drug-likeness (QED) is 0.0169. The summed E-state index contributed by atoms with van der Waals surface area (Å²) in [7, 11) is -10.0. The van der Waals surface area contributed by atoms with E-state index in [1.165, 1.54) is 0 Å². The lowest BCUT2D eigenvalue weighted by Gasteiger charge is -2.21. The van der Waals surface area contributed by atoms with Crippen LogP contribution in [-0.2, 0) is 65.4 Å². The molecule has 5 unspecified atom stereocenters. The molecule has 3 N–H and O–H groups in total. The molecule has 0 aliphatic rings. The van der Waals surface area contributed by atoms with Crippen molar-refractivity contribution < 1.29 is 80.2 Å². The highest BCUT2D eigenvalue weighted by molar-refractivity contribution is 7.47. The molecule has 112 heavy (non-hydrogen) atoms. The monoisotopic (exact) mass is 1600 g/mol. The number of carbonyl (C=O) groups excluding carboxylic acids is 4. The maximum atomic E-state index is 13.1. The molecule has 0 aromatic heterocycles. The fourth-order valence-corrected chi connectivity index (χ4v) is 11.8. The number of aliphatic hydroxyl groups is 1. The molecule has 0 rings (SSSR count). The second kappa shape index (κ2) is 82.4. The molecule has 0 saturated heterocycles. The second-order valence-electron chi connectivity index (χ2n) is 26.9. The molecule has 0 fully saturated rings. The molecule has 0 amide bonds. The maximum absolute atomic E-state index is 13.1. The first-order chi connectivity index (χ1) is 54.7. The molecular formula is C93H146O17P2. The number of hydrogen-bond acceptors (Lipinski definition) is 15. The molecule has 0 saturated carbocycles. The van der Waals surface area contributed by atoms with Crippen molar-refractivity contribution in [2.45, 2.75) is 303 Å². The van der Waals surface area contributed by atoms with Crippen molar-refractivity contribution in [1.29, 1.82) is 0 Å². The number of unbranched alkanes of at least 4 members (excludes halogenated alkanes) is 14. The third kappa shape index (κ3) is 81.4. The second-order valence-corrected chi connectivity index (χ2v) is 29.8. The molecule has 0 bridgehead atoms. The summed E-state index contributed by atoms with van der Waals surface area (Å²) < 4.78 is 68.7. The van der Waals surface area contributed by atoms with Gasteiger partial charge in [0.1, 0.15) is 19.3 Å². The van der Waals surface area contributed by atoms with Gasteiger partial charge >= 0.3 is 39.5 Å². The van der Waals surface area contributed by atoms with Gasteiger partial charge in [-0.25, -0.2) is 9.13 Å². The smallest absolute Gasteiger partial charge is 0.462 e. The van der Waals surface area contributed by atoms with Crippen molar-refractivity contribution in [2.24, 2.45) is 0 Å². The van der Waals surface area contributed by atoms with Crippen molar-refractivity contribution in [1.82, 2.24) is 0 Å². The van der Waals surface area contributed by atoms with Gasteiger partial charge < -0.3 is 33.8 Å². The number of aliphatic hydroxyl groups excluding tert-OH is 1.